The molecule has 1 N–H and O–H groups in total. The summed E-state index contributed by atoms with van der Waals surface area (Å²) in [6.45, 7) is 8.10. The molecule has 0 aliphatic carbocycles. The highest BCUT2D eigenvalue weighted by Crippen LogP contribution is 2.36. The van der Waals surface area contributed by atoms with Crippen molar-refractivity contribution in [2.45, 2.75) is 46.1 Å². The first-order valence-electron chi connectivity index (χ1n) is 5.75. The normalized spacial score (nSPS) is 15.9. The summed E-state index contributed by atoms with van der Waals surface area (Å²) in [5, 5.41) is 11.1. The summed E-state index contributed by atoms with van der Waals surface area (Å²) in [7, 11) is 0. The second-order valence-corrected chi connectivity index (χ2v) is 5.75. The van der Waals surface area contributed by atoms with Crippen LogP contribution >= 0.6 is 11.6 Å². The first-order chi connectivity index (χ1) is 7.28. The standard InChI is InChI=1S/C14H21ClO/c1-5-14(4,16)13(2,3)10-11-7-6-8-12(15)9-11/h6-9,16H,5,10H2,1-4H3. The first-order valence-corrected chi connectivity index (χ1v) is 6.13. The molecule has 90 valence electrons. The monoisotopic (exact) mass is 240 g/mol. The molecule has 0 spiro atoms. The van der Waals surface area contributed by atoms with Crippen LogP contribution in [0.5, 0.6) is 0 Å². The Morgan fingerprint density at radius 1 is 1.25 bits per heavy atom. The quantitative estimate of drug-likeness (QED) is 0.841. The van der Waals surface area contributed by atoms with Gasteiger partial charge in [-0.1, -0.05) is 44.5 Å². The molecular formula is C14H21ClO. The number of aliphatic hydroxyl groups is 1. The molecule has 16 heavy (non-hydrogen) atoms. The second-order valence-electron chi connectivity index (χ2n) is 5.32. The maximum Gasteiger partial charge on any atom is 0.0671 e. The Hall–Kier alpha value is -0.530. The fourth-order valence-corrected chi connectivity index (χ4v) is 2.04. The van der Waals surface area contributed by atoms with E-state index in [2.05, 4.69) is 19.9 Å². The third kappa shape index (κ3) is 2.99. The Bertz CT molecular complexity index is 356. The molecule has 1 unspecified atom stereocenters. The van der Waals surface area contributed by atoms with Crippen molar-refractivity contribution in [1.29, 1.82) is 0 Å². The first kappa shape index (κ1) is 13.5. The number of benzene rings is 1. The Morgan fingerprint density at radius 2 is 1.88 bits per heavy atom. The van der Waals surface area contributed by atoms with Gasteiger partial charge in [0.1, 0.15) is 0 Å². The fraction of sp³-hybridized carbons (Fsp3) is 0.571. The zero-order valence-electron chi connectivity index (χ0n) is 10.5. The summed E-state index contributed by atoms with van der Waals surface area (Å²) in [6, 6.07) is 7.85. The van der Waals surface area contributed by atoms with Gasteiger partial charge in [0, 0.05) is 5.02 Å². The van der Waals surface area contributed by atoms with Crippen molar-refractivity contribution in [2.75, 3.05) is 0 Å². The van der Waals surface area contributed by atoms with E-state index in [0.717, 1.165) is 17.9 Å². The summed E-state index contributed by atoms with van der Waals surface area (Å²) in [5.74, 6) is 0. The second kappa shape index (κ2) is 4.77. The summed E-state index contributed by atoms with van der Waals surface area (Å²) in [5.41, 5.74) is 0.355. The van der Waals surface area contributed by atoms with Gasteiger partial charge in [0.2, 0.25) is 0 Å². The molecule has 0 bridgehead atoms. The minimum absolute atomic E-state index is 0.160. The minimum Gasteiger partial charge on any atom is -0.390 e. The molecule has 1 aromatic carbocycles. The Morgan fingerprint density at radius 3 is 2.38 bits per heavy atom. The van der Waals surface area contributed by atoms with Crippen LogP contribution in [0.3, 0.4) is 0 Å². The van der Waals surface area contributed by atoms with Crippen molar-refractivity contribution in [2.24, 2.45) is 5.41 Å². The van der Waals surface area contributed by atoms with Gasteiger partial charge in [-0.25, -0.2) is 0 Å². The van der Waals surface area contributed by atoms with Crippen LogP contribution in [0, 0.1) is 5.41 Å². The molecule has 0 saturated heterocycles. The fourth-order valence-electron chi connectivity index (χ4n) is 1.83. The largest absolute Gasteiger partial charge is 0.390 e. The summed E-state index contributed by atoms with van der Waals surface area (Å²) >= 11 is 5.96. The van der Waals surface area contributed by atoms with E-state index >= 15 is 0 Å². The number of rotatable bonds is 4. The Balaban J connectivity index is 2.88. The smallest absolute Gasteiger partial charge is 0.0671 e. The van der Waals surface area contributed by atoms with Crippen molar-refractivity contribution in [3.8, 4) is 0 Å². The average Bonchev–Trinajstić information content (AvgIpc) is 2.16. The van der Waals surface area contributed by atoms with Crippen LogP contribution in [0.25, 0.3) is 0 Å². The van der Waals surface area contributed by atoms with Gasteiger partial charge in [0.05, 0.1) is 5.60 Å². The molecule has 0 heterocycles. The summed E-state index contributed by atoms with van der Waals surface area (Å²) < 4.78 is 0. The van der Waals surface area contributed by atoms with Gasteiger partial charge in [-0.05, 0) is 42.9 Å². The molecule has 0 aromatic heterocycles. The lowest BCUT2D eigenvalue weighted by molar-refractivity contribution is -0.0539. The molecule has 1 nitrogen and oxygen atoms in total. The molecule has 1 aromatic rings. The molecule has 0 fully saturated rings. The van der Waals surface area contributed by atoms with E-state index in [1.807, 2.05) is 32.0 Å². The zero-order valence-corrected chi connectivity index (χ0v) is 11.3. The summed E-state index contributed by atoms with van der Waals surface area (Å²) in [6.07, 6.45) is 1.58. The van der Waals surface area contributed by atoms with Crippen LogP contribution in [0.1, 0.15) is 39.7 Å². The number of hydrogen-bond acceptors (Lipinski definition) is 1. The van der Waals surface area contributed by atoms with Crippen LogP contribution in [-0.4, -0.2) is 10.7 Å². The maximum atomic E-state index is 10.3. The number of hydrogen-bond donors (Lipinski definition) is 1. The van der Waals surface area contributed by atoms with Gasteiger partial charge in [-0.15, -0.1) is 0 Å². The molecule has 0 radical (unpaired) electrons. The average molecular weight is 241 g/mol. The number of halogens is 1. The van der Waals surface area contributed by atoms with Crippen LogP contribution < -0.4 is 0 Å². The van der Waals surface area contributed by atoms with E-state index < -0.39 is 5.60 Å². The van der Waals surface area contributed by atoms with Crippen molar-refractivity contribution in [1.82, 2.24) is 0 Å². The Kier molecular flexibility index (Phi) is 4.03. The van der Waals surface area contributed by atoms with Crippen LogP contribution in [0.15, 0.2) is 24.3 Å². The van der Waals surface area contributed by atoms with Crippen LogP contribution in [0.4, 0.5) is 0 Å². The van der Waals surface area contributed by atoms with Gasteiger partial charge in [-0.2, -0.15) is 0 Å². The molecule has 0 aliphatic heterocycles. The van der Waals surface area contributed by atoms with Crippen molar-refractivity contribution in [3.05, 3.63) is 34.9 Å². The predicted octanol–water partition coefficient (Wildman–Crippen LogP) is 4.07. The van der Waals surface area contributed by atoms with E-state index in [9.17, 15) is 5.11 Å². The molecule has 0 amide bonds. The van der Waals surface area contributed by atoms with Gasteiger partial charge >= 0.3 is 0 Å². The van der Waals surface area contributed by atoms with Crippen molar-refractivity contribution < 1.29 is 5.11 Å². The van der Waals surface area contributed by atoms with E-state index in [4.69, 9.17) is 11.6 Å². The predicted molar refractivity (Wildman–Crippen MR) is 69.9 cm³/mol. The lowest BCUT2D eigenvalue weighted by Crippen LogP contribution is -2.42. The van der Waals surface area contributed by atoms with Crippen LogP contribution in [-0.2, 0) is 6.42 Å². The molecule has 0 saturated carbocycles. The highest BCUT2D eigenvalue weighted by atomic mass is 35.5. The zero-order chi connectivity index (χ0) is 12.4. The van der Waals surface area contributed by atoms with Gasteiger partial charge in [-0.3, -0.25) is 0 Å². The molecule has 0 aliphatic rings. The highest BCUT2D eigenvalue weighted by molar-refractivity contribution is 6.30. The third-order valence-corrected chi connectivity index (χ3v) is 3.92. The van der Waals surface area contributed by atoms with E-state index in [0.29, 0.717) is 0 Å². The maximum absolute atomic E-state index is 10.3. The molecule has 1 atom stereocenters. The topological polar surface area (TPSA) is 20.2 Å². The highest BCUT2D eigenvalue weighted by Gasteiger charge is 2.37. The lowest BCUT2D eigenvalue weighted by atomic mass is 9.71. The third-order valence-electron chi connectivity index (χ3n) is 3.68. The van der Waals surface area contributed by atoms with Crippen molar-refractivity contribution in [3.63, 3.8) is 0 Å². The van der Waals surface area contributed by atoms with Gasteiger partial charge < -0.3 is 5.11 Å². The molecule has 2 heteroatoms. The molecule has 1 rings (SSSR count). The van der Waals surface area contributed by atoms with Gasteiger partial charge in [0.25, 0.3) is 0 Å². The van der Waals surface area contributed by atoms with E-state index in [1.165, 1.54) is 5.56 Å². The molecular weight excluding hydrogens is 220 g/mol. The van der Waals surface area contributed by atoms with Gasteiger partial charge in [0.15, 0.2) is 0 Å². The lowest BCUT2D eigenvalue weighted by Gasteiger charge is -2.39. The Labute approximate surface area is 103 Å². The SMILES string of the molecule is CCC(C)(O)C(C)(C)Cc1cccc(Cl)c1. The van der Waals surface area contributed by atoms with E-state index in [-0.39, 0.29) is 5.41 Å². The summed E-state index contributed by atoms with van der Waals surface area (Å²) in [4.78, 5) is 0. The van der Waals surface area contributed by atoms with Crippen molar-refractivity contribution >= 4 is 11.6 Å². The van der Waals surface area contributed by atoms with E-state index in [1.54, 1.807) is 0 Å². The minimum atomic E-state index is -0.657. The van der Waals surface area contributed by atoms with Crippen LogP contribution in [0.2, 0.25) is 5.02 Å².